The van der Waals surface area contributed by atoms with Crippen molar-refractivity contribution in [2.24, 2.45) is 17.3 Å². The summed E-state index contributed by atoms with van der Waals surface area (Å²) >= 11 is 6.17. The van der Waals surface area contributed by atoms with Gasteiger partial charge in [-0.15, -0.1) is 0 Å². The number of hydrogen-bond donors (Lipinski definition) is 1. The van der Waals surface area contributed by atoms with E-state index in [-0.39, 0.29) is 0 Å². The van der Waals surface area contributed by atoms with Crippen LogP contribution in [-0.2, 0) is 0 Å². The maximum Gasteiger partial charge on any atom is 0.0192 e. The number of rotatable bonds is 7. The van der Waals surface area contributed by atoms with Gasteiger partial charge in [0.25, 0.3) is 0 Å². The Balaban J connectivity index is 1.51. The molecule has 1 heterocycles. The SMILES string of the molecule is CC[C@H](CN1CCC(C2=CC=C(Cl)CC2)C(C)(C)C1)NCC1CCCC1. The highest BCUT2D eigenvalue weighted by atomic mass is 35.5. The second kappa shape index (κ2) is 9.26. The van der Waals surface area contributed by atoms with Crippen molar-refractivity contribution >= 4 is 11.6 Å². The normalized spacial score (nSPS) is 28.7. The summed E-state index contributed by atoms with van der Waals surface area (Å²) in [6.45, 7) is 12.2. The first-order chi connectivity index (χ1) is 12.5. The van der Waals surface area contributed by atoms with Gasteiger partial charge in [0.2, 0.25) is 0 Å². The smallest absolute Gasteiger partial charge is 0.0192 e. The van der Waals surface area contributed by atoms with Gasteiger partial charge in [-0.1, -0.05) is 56.9 Å². The van der Waals surface area contributed by atoms with Crippen LogP contribution in [0.5, 0.6) is 0 Å². The highest BCUT2D eigenvalue weighted by molar-refractivity contribution is 6.29. The zero-order valence-electron chi connectivity index (χ0n) is 17.2. The van der Waals surface area contributed by atoms with Crippen LogP contribution in [0.3, 0.4) is 0 Å². The molecule has 3 aliphatic rings. The molecule has 0 radical (unpaired) electrons. The second-order valence-corrected chi connectivity index (χ2v) is 10.1. The van der Waals surface area contributed by atoms with E-state index in [0.717, 1.165) is 23.8 Å². The number of nitrogens with one attached hydrogen (secondary N) is 1. The van der Waals surface area contributed by atoms with Crippen molar-refractivity contribution in [3.8, 4) is 0 Å². The number of halogens is 1. The molecule has 2 atom stereocenters. The molecule has 0 aromatic carbocycles. The molecule has 1 saturated heterocycles. The van der Waals surface area contributed by atoms with Crippen LogP contribution >= 0.6 is 11.6 Å². The van der Waals surface area contributed by atoms with E-state index >= 15 is 0 Å². The second-order valence-electron chi connectivity index (χ2n) is 9.58. The minimum atomic E-state index is 0.353. The summed E-state index contributed by atoms with van der Waals surface area (Å²) in [4.78, 5) is 2.72. The lowest BCUT2D eigenvalue weighted by Crippen LogP contribution is -2.51. The summed E-state index contributed by atoms with van der Waals surface area (Å²) in [7, 11) is 0. The lowest BCUT2D eigenvalue weighted by atomic mass is 9.68. The van der Waals surface area contributed by atoms with Gasteiger partial charge in [0.05, 0.1) is 0 Å². The molecular weight excluding hydrogens is 340 g/mol. The molecule has 0 spiro atoms. The quantitative estimate of drug-likeness (QED) is 0.608. The molecule has 2 nitrogen and oxygen atoms in total. The first-order valence-corrected chi connectivity index (χ1v) is 11.4. The van der Waals surface area contributed by atoms with Gasteiger partial charge < -0.3 is 10.2 Å². The van der Waals surface area contributed by atoms with E-state index in [9.17, 15) is 0 Å². The summed E-state index contributed by atoms with van der Waals surface area (Å²) in [6, 6.07) is 0.651. The van der Waals surface area contributed by atoms with E-state index in [1.165, 1.54) is 64.7 Å². The fraction of sp³-hybridized carbons (Fsp3) is 0.826. The van der Waals surface area contributed by atoms with Crippen molar-refractivity contribution in [2.75, 3.05) is 26.2 Å². The molecule has 1 unspecified atom stereocenters. The summed E-state index contributed by atoms with van der Waals surface area (Å²) in [5.74, 6) is 1.65. The highest BCUT2D eigenvalue weighted by Crippen LogP contribution is 2.42. The van der Waals surface area contributed by atoms with Gasteiger partial charge in [0.1, 0.15) is 0 Å². The molecular formula is C23H39ClN2. The Labute approximate surface area is 166 Å². The third-order valence-corrected chi connectivity index (χ3v) is 7.34. The molecule has 0 bridgehead atoms. The molecule has 2 aliphatic carbocycles. The molecule has 26 heavy (non-hydrogen) atoms. The van der Waals surface area contributed by atoms with Crippen molar-refractivity contribution in [1.82, 2.24) is 10.2 Å². The van der Waals surface area contributed by atoms with Crippen LogP contribution in [-0.4, -0.2) is 37.1 Å². The predicted octanol–water partition coefficient (Wildman–Crippen LogP) is 5.74. The number of piperidine rings is 1. The topological polar surface area (TPSA) is 15.3 Å². The Kier molecular flexibility index (Phi) is 7.27. The maximum atomic E-state index is 6.17. The van der Waals surface area contributed by atoms with Gasteiger partial charge in [-0.25, -0.2) is 0 Å². The first-order valence-electron chi connectivity index (χ1n) is 11.0. The number of nitrogens with zero attached hydrogens (tertiary/aromatic N) is 1. The third kappa shape index (κ3) is 5.36. The molecule has 1 saturated carbocycles. The highest BCUT2D eigenvalue weighted by Gasteiger charge is 2.38. The Bertz CT molecular complexity index is 516. The first kappa shape index (κ1) is 20.4. The lowest BCUT2D eigenvalue weighted by Gasteiger charge is -2.46. The zero-order valence-corrected chi connectivity index (χ0v) is 18.0. The fourth-order valence-electron chi connectivity index (χ4n) is 5.43. The molecule has 1 N–H and O–H groups in total. The van der Waals surface area contributed by atoms with Gasteiger partial charge in [0, 0.05) is 24.2 Å². The minimum absolute atomic E-state index is 0.353. The van der Waals surface area contributed by atoms with E-state index in [0.29, 0.717) is 17.4 Å². The largest absolute Gasteiger partial charge is 0.312 e. The molecule has 3 rings (SSSR count). The van der Waals surface area contributed by atoms with Gasteiger partial charge in [-0.3, -0.25) is 0 Å². The molecule has 0 aromatic heterocycles. The van der Waals surface area contributed by atoms with Crippen LogP contribution in [0.15, 0.2) is 22.8 Å². The fourth-order valence-corrected chi connectivity index (χ4v) is 5.58. The van der Waals surface area contributed by atoms with E-state index in [1.54, 1.807) is 5.57 Å². The minimum Gasteiger partial charge on any atom is -0.312 e. The summed E-state index contributed by atoms with van der Waals surface area (Å²) in [5, 5.41) is 4.91. The van der Waals surface area contributed by atoms with E-state index < -0.39 is 0 Å². The third-order valence-electron chi connectivity index (χ3n) is 7.03. The Morgan fingerprint density at radius 3 is 2.58 bits per heavy atom. The molecule has 148 valence electrons. The lowest BCUT2D eigenvalue weighted by molar-refractivity contribution is 0.0640. The zero-order chi connectivity index (χ0) is 18.6. The van der Waals surface area contributed by atoms with Gasteiger partial charge in [-0.05, 0) is 74.9 Å². The van der Waals surface area contributed by atoms with Crippen LogP contribution in [0, 0.1) is 17.3 Å². The molecule has 2 fully saturated rings. The molecule has 1 aliphatic heterocycles. The van der Waals surface area contributed by atoms with E-state index in [1.807, 2.05) is 0 Å². The number of hydrogen-bond acceptors (Lipinski definition) is 2. The van der Waals surface area contributed by atoms with E-state index in [2.05, 4.69) is 43.1 Å². The Hall–Kier alpha value is -0.310. The molecule has 0 aromatic rings. The van der Waals surface area contributed by atoms with Crippen LogP contribution in [0.25, 0.3) is 0 Å². The molecule has 0 amide bonds. The monoisotopic (exact) mass is 378 g/mol. The standard InChI is InChI=1S/C23H39ClN2/c1-4-21(25-15-18-7-5-6-8-18)16-26-14-13-22(23(2,3)17-26)19-9-11-20(24)12-10-19/h9,11,18,21-22,25H,4-8,10,12-17H2,1-3H3/t21-,22?/m1/s1. The van der Waals surface area contributed by atoms with E-state index in [4.69, 9.17) is 11.6 Å². The van der Waals surface area contributed by atoms with Crippen LogP contribution < -0.4 is 5.32 Å². The summed E-state index contributed by atoms with van der Waals surface area (Å²) < 4.78 is 0. The molecule has 3 heteroatoms. The predicted molar refractivity (Wildman–Crippen MR) is 114 cm³/mol. The Morgan fingerprint density at radius 1 is 1.19 bits per heavy atom. The number of allylic oxidation sites excluding steroid dienone is 4. The van der Waals surface area contributed by atoms with Crippen molar-refractivity contribution in [3.05, 3.63) is 22.8 Å². The van der Waals surface area contributed by atoms with Crippen LogP contribution in [0.2, 0.25) is 0 Å². The average Bonchev–Trinajstić information content (AvgIpc) is 3.12. The Morgan fingerprint density at radius 2 is 1.96 bits per heavy atom. The van der Waals surface area contributed by atoms with Gasteiger partial charge in [0.15, 0.2) is 0 Å². The summed E-state index contributed by atoms with van der Waals surface area (Å²) in [6.07, 6.45) is 14.9. The van der Waals surface area contributed by atoms with Crippen molar-refractivity contribution in [2.45, 2.75) is 78.2 Å². The number of likely N-dealkylation sites (tertiary alicyclic amines) is 1. The van der Waals surface area contributed by atoms with Crippen LogP contribution in [0.4, 0.5) is 0 Å². The van der Waals surface area contributed by atoms with Crippen molar-refractivity contribution in [1.29, 1.82) is 0 Å². The maximum absolute atomic E-state index is 6.17. The van der Waals surface area contributed by atoms with Gasteiger partial charge in [-0.2, -0.15) is 0 Å². The van der Waals surface area contributed by atoms with Gasteiger partial charge >= 0.3 is 0 Å². The van der Waals surface area contributed by atoms with Crippen molar-refractivity contribution < 1.29 is 0 Å². The van der Waals surface area contributed by atoms with Crippen LogP contribution in [0.1, 0.15) is 72.1 Å². The summed E-state index contributed by atoms with van der Waals surface area (Å²) in [5.41, 5.74) is 1.98. The van der Waals surface area contributed by atoms with Crippen molar-refractivity contribution in [3.63, 3.8) is 0 Å². The average molecular weight is 379 g/mol.